The number of hydrogen-bond donors (Lipinski definition) is 2. The van der Waals surface area contributed by atoms with Crippen LogP contribution < -0.4 is 5.32 Å². The Kier molecular flexibility index (Phi) is 4.59. The number of likely N-dealkylation sites (N-methyl/N-ethyl adjacent to an activating group) is 1. The molecule has 1 unspecified atom stereocenters. The van der Waals surface area contributed by atoms with E-state index in [9.17, 15) is 5.11 Å². The quantitative estimate of drug-likeness (QED) is 0.717. The molecule has 0 aliphatic carbocycles. The Labute approximate surface area is 94.3 Å². The molecule has 0 aliphatic rings. The van der Waals surface area contributed by atoms with Crippen LogP contribution in [0, 0.1) is 0 Å². The van der Waals surface area contributed by atoms with Gasteiger partial charge in [0.25, 0.3) is 0 Å². The molecule has 0 aromatic carbocycles. The molecule has 0 fully saturated rings. The lowest BCUT2D eigenvalue weighted by atomic mass is 10.1. The fraction of sp³-hybridized carbons (Fsp3) is 0.778. The molecule has 5 nitrogen and oxygen atoms in total. The zero-order chi connectivity index (χ0) is 11.3. The fourth-order valence-electron chi connectivity index (χ4n) is 1.46. The monoisotopic (exact) mass is 230 g/mol. The van der Waals surface area contributed by atoms with E-state index in [1.54, 1.807) is 0 Å². The molecule has 0 spiro atoms. The second-order valence-corrected chi connectivity index (χ2v) is 4.84. The minimum absolute atomic E-state index is 0.544. The summed E-state index contributed by atoms with van der Waals surface area (Å²) in [6, 6.07) is 0. The Hall–Kier alpha value is -0.560. The summed E-state index contributed by atoms with van der Waals surface area (Å²) in [4.78, 5) is 1.96. The van der Waals surface area contributed by atoms with Gasteiger partial charge < -0.3 is 15.3 Å². The molecule has 6 heteroatoms. The second-order valence-electron chi connectivity index (χ2n) is 4.23. The zero-order valence-electron chi connectivity index (χ0n) is 9.40. The van der Waals surface area contributed by atoms with Crippen molar-refractivity contribution in [2.24, 2.45) is 0 Å². The van der Waals surface area contributed by atoms with Gasteiger partial charge in [0.2, 0.25) is 0 Å². The first-order valence-electron chi connectivity index (χ1n) is 4.83. The van der Waals surface area contributed by atoms with Gasteiger partial charge in [-0.05, 0) is 32.6 Å². The van der Waals surface area contributed by atoms with Crippen LogP contribution in [0.4, 0.5) is 0 Å². The Balaban J connectivity index is 2.24. The molecule has 1 rings (SSSR count). The molecule has 0 amide bonds. The van der Waals surface area contributed by atoms with E-state index in [0.717, 1.165) is 5.69 Å². The van der Waals surface area contributed by atoms with Gasteiger partial charge in [-0.1, -0.05) is 4.49 Å². The molecule has 0 bridgehead atoms. The SMILES string of the molecule is CN(C)CC(C)(O)CNCc1csnn1. The Bertz CT molecular complexity index is 274. The smallest absolute Gasteiger partial charge is 0.0893 e. The Morgan fingerprint density at radius 3 is 2.87 bits per heavy atom. The molecule has 1 atom stereocenters. The van der Waals surface area contributed by atoms with Crippen LogP contribution in [0.3, 0.4) is 0 Å². The third-order valence-electron chi connectivity index (χ3n) is 1.87. The van der Waals surface area contributed by atoms with E-state index in [-0.39, 0.29) is 0 Å². The van der Waals surface area contributed by atoms with Crippen molar-refractivity contribution in [2.45, 2.75) is 19.1 Å². The van der Waals surface area contributed by atoms with Crippen LogP contribution in [0.25, 0.3) is 0 Å². The van der Waals surface area contributed by atoms with Crippen LogP contribution in [-0.4, -0.2) is 52.4 Å². The van der Waals surface area contributed by atoms with Gasteiger partial charge in [0, 0.05) is 25.0 Å². The number of rotatable bonds is 6. The van der Waals surface area contributed by atoms with Crippen LogP contribution in [0.15, 0.2) is 5.38 Å². The summed E-state index contributed by atoms with van der Waals surface area (Å²) < 4.78 is 3.77. The third kappa shape index (κ3) is 5.17. The topological polar surface area (TPSA) is 61.3 Å². The van der Waals surface area contributed by atoms with Gasteiger partial charge in [0.05, 0.1) is 11.3 Å². The van der Waals surface area contributed by atoms with Crippen molar-refractivity contribution in [3.63, 3.8) is 0 Å². The van der Waals surface area contributed by atoms with E-state index in [4.69, 9.17) is 0 Å². The molecule has 2 N–H and O–H groups in total. The summed E-state index contributed by atoms with van der Waals surface area (Å²) in [6.07, 6.45) is 0. The summed E-state index contributed by atoms with van der Waals surface area (Å²) in [5, 5.41) is 18.9. The Morgan fingerprint density at radius 1 is 1.60 bits per heavy atom. The van der Waals surface area contributed by atoms with Crippen molar-refractivity contribution in [3.8, 4) is 0 Å². The van der Waals surface area contributed by atoms with Crippen LogP contribution >= 0.6 is 11.5 Å². The first-order chi connectivity index (χ1) is 6.99. The van der Waals surface area contributed by atoms with E-state index in [1.165, 1.54) is 11.5 Å². The minimum atomic E-state index is -0.715. The summed E-state index contributed by atoms with van der Waals surface area (Å²) in [5.74, 6) is 0. The average molecular weight is 230 g/mol. The first kappa shape index (κ1) is 12.5. The van der Waals surface area contributed by atoms with Gasteiger partial charge in [-0.3, -0.25) is 0 Å². The van der Waals surface area contributed by atoms with Gasteiger partial charge in [-0.15, -0.1) is 5.10 Å². The molecule has 1 aromatic rings. The third-order valence-corrected chi connectivity index (χ3v) is 2.43. The molecular formula is C9H18N4OS. The first-order valence-corrected chi connectivity index (χ1v) is 5.67. The van der Waals surface area contributed by atoms with Gasteiger partial charge in [-0.2, -0.15) is 0 Å². The maximum atomic E-state index is 9.98. The maximum Gasteiger partial charge on any atom is 0.0893 e. The molecule has 0 saturated carbocycles. The van der Waals surface area contributed by atoms with Gasteiger partial charge in [-0.25, -0.2) is 0 Å². The molecule has 1 aromatic heterocycles. The van der Waals surface area contributed by atoms with Crippen LogP contribution in [-0.2, 0) is 6.54 Å². The molecule has 1 heterocycles. The molecule has 86 valence electrons. The van der Waals surface area contributed by atoms with Crippen molar-refractivity contribution >= 4 is 11.5 Å². The Morgan fingerprint density at radius 2 is 2.33 bits per heavy atom. The lowest BCUT2D eigenvalue weighted by molar-refractivity contribution is 0.0335. The van der Waals surface area contributed by atoms with E-state index in [0.29, 0.717) is 19.6 Å². The average Bonchev–Trinajstić information content (AvgIpc) is 2.53. The molecule has 0 aliphatic heterocycles. The largest absolute Gasteiger partial charge is 0.388 e. The van der Waals surface area contributed by atoms with E-state index < -0.39 is 5.60 Å². The van der Waals surface area contributed by atoms with Crippen LogP contribution in [0.1, 0.15) is 12.6 Å². The molecule has 15 heavy (non-hydrogen) atoms. The zero-order valence-corrected chi connectivity index (χ0v) is 10.2. The van der Waals surface area contributed by atoms with Crippen molar-refractivity contribution < 1.29 is 5.11 Å². The summed E-state index contributed by atoms with van der Waals surface area (Å²) in [7, 11) is 3.89. The number of aliphatic hydroxyl groups is 1. The van der Waals surface area contributed by atoms with Gasteiger partial charge >= 0.3 is 0 Å². The fourth-order valence-corrected chi connectivity index (χ4v) is 1.91. The summed E-state index contributed by atoms with van der Waals surface area (Å²) in [5.41, 5.74) is 0.202. The van der Waals surface area contributed by atoms with E-state index in [2.05, 4.69) is 14.9 Å². The van der Waals surface area contributed by atoms with Crippen molar-refractivity contribution in [2.75, 3.05) is 27.2 Å². The van der Waals surface area contributed by atoms with E-state index >= 15 is 0 Å². The van der Waals surface area contributed by atoms with Crippen LogP contribution in [0.2, 0.25) is 0 Å². The summed E-state index contributed by atoms with van der Waals surface area (Å²) in [6.45, 7) is 3.65. The maximum absolute atomic E-state index is 9.98. The molecule has 0 saturated heterocycles. The normalized spacial score (nSPS) is 15.5. The minimum Gasteiger partial charge on any atom is -0.388 e. The number of hydrogen-bond acceptors (Lipinski definition) is 6. The summed E-state index contributed by atoms with van der Waals surface area (Å²) >= 11 is 1.34. The van der Waals surface area contributed by atoms with Crippen LogP contribution in [0.5, 0.6) is 0 Å². The predicted molar refractivity (Wildman–Crippen MR) is 60.8 cm³/mol. The van der Waals surface area contributed by atoms with Gasteiger partial charge in [0.1, 0.15) is 0 Å². The second kappa shape index (κ2) is 5.50. The van der Waals surface area contributed by atoms with E-state index in [1.807, 2.05) is 31.3 Å². The van der Waals surface area contributed by atoms with Gasteiger partial charge in [0.15, 0.2) is 0 Å². The molecular weight excluding hydrogens is 212 g/mol. The highest BCUT2D eigenvalue weighted by Gasteiger charge is 2.20. The number of nitrogens with one attached hydrogen (secondary N) is 1. The number of aromatic nitrogens is 2. The molecule has 0 radical (unpaired) electrons. The number of nitrogens with zero attached hydrogens (tertiary/aromatic N) is 3. The lowest BCUT2D eigenvalue weighted by Gasteiger charge is -2.27. The lowest BCUT2D eigenvalue weighted by Crippen LogP contribution is -2.45. The van der Waals surface area contributed by atoms with Crippen molar-refractivity contribution in [3.05, 3.63) is 11.1 Å². The highest BCUT2D eigenvalue weighted by molar-refractivity contribution is 7.03. The predicted octanol–water partition coefficient (Wildman–Crippen LogP) is -0.0597. The highest BCUT2D eigenvalue weighted by Crippen LogP contribution is 2.03. The van der Waals surface area contributed by atoms with Crippen molar-refractivity contribution in [1.29, 1.82) is 0 Å². The van der Waals surface area contributed by atoms with Crippen molar-refractivity contribution in [1.82, 2.24) is 19.8 Å². The highest BCUT2D eigenvalue weighted by atomic mass is 32.1. The standard InChI is InChI=1S/C9H18N4OS/c1-9(14,7-13(2)3)6-10-4-8-5-15-12-11-8/h5,10,14H,4,6-7H2,1-3H3.